The summed E-state index contributed by atoms with van der Waals surface area (Å²) in [6.45, 7) is 2.41. The Bertz CT molecular complexity index is 1170. The largest absolute Gasteiger partial charge is 0.493 e. The molecule has 0 N–H and O–H groups in total. The summed E-state index contributed by atoms with van der Waals surface area (Å²) < 4.78 is 37.8. The van der Waals surface area contributed by atoms with Gasteiger partial charge in [0, 0.05) is 23.4 Å². The Morgan fingerprint density at radius 3 is 2.59 bits per heavy atom. The maximum atomic E-state index is 15.2. The third-order valence-corrected chi connectivity index (χ3v) is 7.04. The number of benzene rings is 2. The molecule has 4 unspecified atom stereocenters. The molecule has 9 heteroatoms. The van der Waals surface area contributed by atoms with E-state index in [0.717, 1.165) is 24.8 Å². The summed E-state index contributed by atoms with van der Waals surface area (Å²) in [5, 5.41) is 0. The van der Waals surface area contributed by atoms with Crippen molar-refractivity contribution in [2.75, 3.05) is 11.5 Å². The molecule has 5 nitrogen and oxygen atoms in total. The van der Waals surface area contributed by atoms with Gasteiger partial charge in [-0.25, -0.2) is 13.8 Å². The van der Waals surface area contributed by atoms with Crippen LogP contribution in [0.4, 0.5) is 14.5 Å². The third-order valence-electron chi connectivity index (χ3n) is 6.30. The number of β-lactam (4-membered cyclic amide) rings is 1. The quantitative estimate of drug-likeness (QED) is 0.353. The molecule has 2 aliphatic rings. The summed E-state index contributed by atoms with van der Waals surface area (Å²) in [5.41, 5.74) is 2.49. The number of hydrogen-bond acceptors (Lipinski definition) is 3. The van der Waals surface area contributed by atoms with Crippen molar-refractivity contribution in [2.45, 2.75) is 37.9 Å². The number of amides is 1. The van der Waals surface area contributed by atoms with Crippen LogP contribution in [0.15, 0.2) is 36.7 Å². The molecule has 5 rings (SSSR count). The van der Waals surface area contributed by atoms with Crippen LogP contribution in [0, 0.1) is 23.5 Å². The van der Waals surface area contributed by atoms with E-state index in [1.807, 2.05) is 13.0 Å². The number of fused-ring (bicyclic) bond motifs is 1. The van der Waals surface area contributed by atoms with Gasteiger partial charge in [-0.15, -0.1) is 9.24 Å². The summed E-state index contributed by atoms with van der Waals surface area (Å²) in [7, 11) is 5.22. The standard InChI is InChI=1S/C23H25F2N3O2P2/c1-12(31)6-7-30-15-9-16(24)21(17(25)10-15)22-20(13-2-3-13)23(29)28(22)14-4-5-19-18(8-14)26-11-27(19)32/h4-5,8-13,20,22H,2-3,6-7,31-32H2,1H3/t12?,20?,22-/m0/s1. The van der Waals surface area contributed by atoms with Crippen LogP contribution >= 0.6 is 18.6 Å². The van der Waals surface area contributed by atoms with Crippen molar-refractivity contribution in [3.63, 3.8) is 0 Å². The monoisotopic (exact) mass is 475 g/mol. The van der Waals surface area contributed by atoms with Gasteiger partial charge in [0.25, 0.3) is 0 Å². The van der Waals surface area contributed by atoms with Gasteiger partial charge in [-0.2, -0.15) is 0 Å². The fraction of sp³-hybridized carbons (Fsp3) is 0.391. The van der Waals surface area contributed by atoms with Gasteiger partial charge < -0.3 is 14.0 Å². The van der Waals surface area contributed by atoms with E-state index >= 15 is 8.78 Å². The van der Waals surface area contributed by atoms with Crippen LogP contribution in [0.1, 0.15) is 37.8 Å². The van der Waals surface area contributed by atoms with Crippen LogP contribution < -0.4 is 9.64 Å². The summed E-state index contributed by atoms with van der Waals surface area (Å²) in [6.07, 6.45) is 4.25. The molecule has 168 valence electrons. The van der Waals surface area contributed by atoms with Gasteiger partial charge >= 0.3 is 0 Å². The van der Waals surface area contributed by atoms with Crippen molar-refractivity contribution in [3.8, 4) is 5.75 Å². The van der Waals surface area contributed by atoms with Gasteiger partial charge in [-0.05, 0) is 58.4 Å². The highest BCUT2D eigenvalue weighted by Gasteiger charge is 2.56. The van der Waals surface area contributed by atoms with E-state index in [1.165, 1.54) is 17.0 Å². The molecule has 5 atom stereocenters. The molecule has 1 saturated carbocycles. The van der Waals surface area contributed by atoms with Gasteiger partial charge in [-0.1, -0.05) is 6.92 Å². The zero-order valence-electron chi connectivity index (χ0n) is 17.7. The molecule has 2 heterocycles. The second kappa shape index (κ2) is 8.35. The Morgan fingerprint density at radius 1 is 1.22 bits per heavy atom. The minimum absolute atomic E-state index is 0.0649. The van der Waals surface area contributed by atoms with E-state index < -0.39 is 23.6 Å². The highest BCUT2D eigenvalue weighted by molar-refractivity contribution is 7.17. The topological polar surface area (TPSA) is 47.4 Å². The Balaban J connectivity index is 1.49. The third kappa shape index (κ3) is 3.80. The van der Waals surface area contributed by atoms with Crippen molar-refractivity contribution < 1.29 is 18.3 Å². The van der Waals surface area contributed by atoms with Crippen molar-refractivity contribution >= 4 is 41.3 Å². The average Bonchev–Trinajstić information content (AvgIpc) is 3.48. The maximum absolute atomic E-state index is 15.2. The lowest BCUT2D eigenvalue weighted by Crippen LogP contribution is -2.56. The first-order valence-corrected chi connectivity index (χ1v) is 12.0. The lowest BCUT2D eigenvalue weighted by Gasteiger charge is -2.48. The van der Waals surface area contributed by atoms with Gasteiger partial charge in [0.1, 0.15) is 17.4 Å². The summed E-state index contributed by atoms with van der Waals surface area (Å²) in [5.74, 6) is -1.50. The zero-order valence-corrected chi connectivity index (χ0v) is 20.0. The molecular formula is C23H25F2N3O2P2. The smallest absolute Gasteiger partial charge is 0.233 e. The molecule has 1 amide bonds. The van der Waals surface area contributed by atoms with E-state index in [-0.39, 0.29) is 23.1 Å². The Hall–Kier alpha value is -2.10. The second-order valence-corrected chi connectivity index (χ2v) is 10.5. The number of halogens is 2. The lowest BCUT2D eigenvalue weighted by molar-refractivity contribution is -0.131. The number of carbonyl (C=O) groups is 1. The summed E-state index contributed by atoms with van der Waals surface area (Å²) in [4.78, 5) is 18.9. The van der Waals surface area contributed by atoms with E-state index in [1.54, 1.807) is 22.8 Å². The number of nitrogens with zero attached hydrogens (tertiary/aromatic N) is 3. The lowest BCUT2D eigenvalue weighted by atomic mass is 9.78. The summed E-state index contributed by atoms with van der Waals surface area (Å²) >= 11 is 0. The molecule has 1 aromatic heterocycles. The SMILES string of the molecule is CC(P)CCOc1cc(F)c([C@@H]2C(C3CC3)C(=O)N2c2ccc3c(c2)ncn3P)c(F)c1. The normalized spacial score (nSPS) is 21.7. The van der Waals surface area contributed by atoms with E-state index in [9.17, 15) is 4.79 Å². The number of ether oxygens (including phenoxy) is 1. The number of carbonyl (C=O) groups excluding carboxylic acids is 1. The highest BCUT2D eigenvalue weighted by Crippen LogP contribution is 2.55. The van der Waals surface area contributed by atoms with Gasteiger partial charge in [-0.3, -0.25) is 4.79 Å². The van der Waals surface area contributed by atoms with E-state index in [2.05, 4.69) is 23.6 Å². The first-order valence-electron chi connectivity index (χ1n) is 10.8. The first kappa shape index (κ1) is 21.7. The fourth-order valence-electron chi connectivity index (χ4n) is 4.48. The Kier molecular flexibility index (Phi) is 5.67. The number of rotatable bonds is 7. The van der Waals surface area contributed by atoms with E-state index in [0.29, 0.717) is 23.5 Å². The second-order valence-electron chi connectivity index (χ2n) is 8.76. The molecule has 32 heavy (non-hydrogen) atoms. The molecule has 1 saturated heterocycles. The molecule has 0 radical (unpaired) electrons. The van der Waals surface area contributed by atoms with Crippen LogP contribution in [-0.2, 0) is 4.79 Å². The summed E-state index contributed by atoms with van der Waals surface area (Å²) in [6, 6.07) is 7.24. The number of hydrogen-bond donors (Lipinski definition) is 0. The van der Waals surface area contributed by atoms with Crippen LogP contribution in [0.2, 0.25) is 0 Å². The van der Waals surface area contributed by atoms with Crippen molar-refractivity contribution in [2.24, 2.45) is 11.8 Å². The van der Waals surface area contributed by atoms with E-state index in [4.69, 9.17) is 4.74 Å². The molecule has 0 spiro atoms. The van der Waals surface area contributed by atoms with Crippen molar-refractivity contribution in [1.82, 2.24) is 9.32 Å². The van der Waals surface area contributed by atoms with Crippen LogP contribution in [0.3, 0.4) is 0 Å². The zero-order chi connectivity index (χ0) is 22.6. The minimum atomic E-state index is -0.678. The molecule has 1 aliphatic carbocycles. The van der Waals surface area contributed by atoms with Crippen LogP contribution in [0.5, 0.6) is 5.75 Å². The maximum Gasteiger partial charge on any atom is 0.233 e. The Morgan fingerprint density at radius 2 is 1.94 bits per heavy atom. The van der Waals surface area contributed by atoms with Crippen LogP contribution in [-0.4, -0.2) is 27.5 Å². The van der Waals surface area contributed by atoms with Crippen molar-refractivity contribution in [1.29, 1.82) is 0 Å². The molecule has 0 bridgehead atoms. The van der Waals surface area contributed by atoms with Gasteiger partial charge in [0.15, 0.2) is 0 Å². The van der Waals surface area contributed by atoms with Crippen molar-refractivity contribution in [3.05, 3.63) is 53.9 Å². The van der Waals surface area contributed by atoms with Gasteiger partial charge in [0.05, 0.1) is 35.9 Å². The molecule has 2 aromatic carbocycles. The molecule has 1 aliphatic heterocycles. The number of aromatic nitrogens is 2. The van der Waals surface area contributed by atoms with Gasteiger partial charge in [0.2, 0.25) is 5.91 Å². The molecule has 3 aromatic rings. The number of imidazole rings is 1. The first-order chi connectivity index (χ1) is 15.3. The molecule has 2 fully saturated rings. The Labute approximate surface area is 190 Å². The average molecular weight is 475 g/mol. The fourth-order valence-corrected chi connectivity index (χ4v) is 4.90. The van der Waals surface area contributed by atoms with Crippen LogP contribution in [0.25, 0.3) is 11.0 Å². The highest BCUT2D eigenvalue weighted by atomic mass is 31.0. The number of anilines is 1. The minimum Gasteiger partial charge on any atom is -0.493 e. The molecular weight excluding hydrogens is 450 g/mol. The predicted molar refractivity (Wildman–Crippen MR) is 127 cm³/mol. The predicted octanol–water partition coefficient (Wildman–Crippen LogP) is 5.10.